The van der Waals surface area contributed by atoms with E-state index in [4.69, 9.17) is 60.0 Å². The number of pyridine rings is 2. The number of benzene rings is 4. The number of anilines is 8. The van der Waals surface area contributed by atoms with Crippen LogP contribution in [-0.2, 0) is 22.7 Å². The highest BCUT2D eigenvalue weighted by molar-refractivity contribution is 14.1. The van der Waals surface area contributed by atoms with Crippen molar-refractivity contribution in [2.45, 2.75) is 55.8 Å². The SMILES string of the molecule is C.C.COCc1nc(Nc2ccc(C#N)cc2)nc(Nc2c(C)cc(/C=C/C#N)cc2C)c1-c1cnccc1OC.COCc1nc(Nc2ccc(C#N)cc2)nc(Nc2c(C)cc(/C=C/C#N)cc2C)c1I.COc1ccncc1B(O)O. The van der Waals surface area contributed by atoms with Gasteiger partial charge in [0, 0.05) is 84.9 Å². The molecule has 4 heterocycles. The van der Waals surface area contributed by atoms with Crippen LogP contribution in [0.4, 0.5) is 46.3 Å². The lowest BCUT2D eigenvalue weighted by atomic mass is 9.81. The Morgan fingerprint density at radius 3 is 1.42 bits per heavy atom. The van der Waals surface area contributed by atoms with E-state index in [1.165, 1.54) is 31.7 Å². The van der Waals surface area contributed by atoms with E-state index in [2.05, 4.69) is 75.9 Å². The van der Waals surface area contributed by atoms with Crippen LogP contribution in [0.15, 0.2) is 122 Å². The van der Waals surface area contributed by atoms with Gasteiger partial charge >= 0.3 is 7.12 Å². The fourth-order valence-corrected chi connectivity index (χ4v) is 8.69. The lowest BCUT2D eigenvalue weighted by molar-refractivity contribution is 0.181. The first-order valence-electron chi connectivity index (χ1n) is 24.9. The smallest absolute Gasteiger partial charge is 0.493 e. The maximum absolute atomic E-state index is 9.13. The molecule has 428 valence electrons. The van der Waals surface area contributed by atoms with E-state index < -0.39 is 7.12 Å². The summed E-state index contributed by atoms with van der Waals surface area (Å²) in [6.07, 6.45) is 12.7. The van der Waals surface area contributed by atoms with Gasteiger partial charge in [-0.15, -0.1) is 0 Å². The van der Waals surface area contributed by atoms with Crippen LogP contribution in [0.5, 0.6) is 11.5 Å². The third kappa shape index (κ3) is 18.1. The van der Waals surface area contributed by atoms with Crippen LogP contribution in [0.3, 0.4) is 0 Å². The molecule has 8 aromatic rings. The number of nitrogens with zero attached hydrogens (tertiary/aromatic N) is 10. The number of hydrogen-bond acceptors (Lipinski definition) is 20. The third-order valence-corrected chi connectivity index (χ3v) is 13.0. The summed E-state index contributed by atoms with van der Waals surface area (Å²) in [4.78, 5) is 26.9. The van der Waals surface area contributed by atoms with Crippen molar-refractivity contribution in [3.8, 4) is 46.9 Å². The summed E-state index contributed by atoms with van der Waals surface area (Å²) in [6, 6.07) is 33.8. The van der Waals surface area contributed by atoms with E-state index in [0.29, 0.717) is 69.6 Å². The van der Waals surface area contributed by atoms with Gasteiger partial charge in [-0.25, -0.2) is 9.97 Å². The summed E-state index contributed by atoms with van der Waals surface area (Å²) in [7, 11) is 4.76. The van der Waals surface area contributed by atoms with Crippen molar-refractivity contribution in [3.63, 3.8) is 0 Å². The zero-order chi connectivity index (χ0) is 59.1. The summed E-state index contributed by atoms with van der Waals surface area (Å²) in [5.74, 6) is 3.02. The molecule has 6 N–H and O–H groups in total. The van der Waals surface area contributed by atoms with Gasteiger partial charge in [-0.1, -0.05) is 14.9 Å². The molecule has 4 aromatic heterocycles. The van der Waals surface area contributed by atoms with Gasteiger partial charge in [-0.3, -0.25) is 9.97 Å². The zero-order valence-corrected chi connectivity index (χ0v) is 48.2. The maximum Gasteiger partial charge on any atom is 0.493 e. The van der Waals surface area contributed by atoms with Crippen molar-refractivity contribution in [1.82, 2.24) is 29.9 Å². The molecule has 20 nitrogen and oxygen atoms in total. The van der Waals surface area contributed by atoms with E-state index >= 15 is 0 Å². The molecule has 84 heavy (non-hydrogen) atoms. The van der Waals surface area contributed by atoms with E-state index in [0.717, 1.165) is 65.4 Å². The highest BCUT2D eigenvalue weighted by Gasteiger charge is 2.22. The monoisotopic (exact) mass is 1240 g/mol. The normalized spacial score (nSPS) is 10.2. The number of aryl methyl sites for hydroxylation is 4. The first-order chi connectivity index (χ1) is 39.7. The number of nitriles is 4. The average molecular weight is 1240 g/mol. The molecular formula is C62H64BIN14O6. The molecule has 0 saturated heterocycles. The number of ether oxygens (including phenoxy) is 4. The summed E-state index contributed by atoms with van der Waals surface area (Å²) >= 11 is 2.22. The number of halogens is 1. The zero-order valence-electron chi connectivity index (χ0n) is 46.1. The predicted molar refractivity (Wildman–Crippen MR) is 339 cm³/mol. The Morgan fingerprint density at radius 1 is 0.560 bits per heavy atom. The minimum atomic E-state index is -1.53. The summed E-state index contributed by atoms with van der Waals surface area (Å²) in [6.45, 7) is 8.57. The van der Waals surface area contributed by atoms with Crippen LogP contribution in [0.25, 0.3) is 23.3 Å². The highest BCUT2D eigenvalue weighted by atomic mass is 127. The van der Waals surface area contributed by atoms with Crippen molar-refractivity contribution >= 4 is 93.6 Å². The van der Waals surface area contributed by atoms with Gasteiger partial charge < -0.3 is 50.3 Å². The minimum absolute atomic E-state index is 0. The van der Waals surface area contributed by atoms with Crippen molar-refractivity contribution < 1.29 is 29.0 Å². The Bertz CT molecular complexity index is 3720. The second-order valence-corrected chi connectivity index (χ2v) is 18.7. The van der Waals surface area contributed by atoms with Crippen LogP contribution < -0.4 is 36.2 Å². The number of nitrogens with one attached hydrogen (secondary N) is 4. The Labute approximate surface area is 504 Å². The molecule has 0 fully saturated rings. The number of hydrogen-bond donors (Lipinski definition) is 6. The topological polar surface area (TPSA) is 298 Å². The van der Waals surface area contributed by atoms with E-state index in [-0.39, 0.29) is 26.9 Å². The standard InChI is InChI=1S/C30H27N7O2.C24H21IN6O.C6H8BNO3.2CH4/c1-19-14-22(6-5-12-31)15-20(2)28(19)36-29-27(24-17-33-13-11-26(24)39-4)25(18-38-3)35-30(37-29)34-23-9-7-21(16-32)8-10-23;1-15-11-18(5-4-10-26)12-16(2)22(15)30-23-21(25)20(14-32-3)29-24(31-23)28-19-8-6-17(13-27)7-9-19;1-11-6-2-3-8-4-5(6)7(9)10;;/h5-11,13-15,17H,18H2,1-4H3,(H2,34,35,36,37);4-9,11-12H,14H2,1-3H3,(H2,28,29,30,31);2-4,9-10H,1H3;2*1H4/b6-5+;5-4+;;;. The van der Waals surface area contributed by atoms with Crippen LogP contribution in [0, 0.1) is 76.6 Å². The largest absolute Gasteiger partial charge is 0.497 e. The highest BCUT2D eigenvalue weighted by Crippen LogP contribution is 2.40. The van der Waals surface area contributed by atoms with E-state index in [1.54, 1.807) is 94.4 Å². The number of allylic oxidation sites excluding steroid dienone is 2. The van der Waals surface area contributed by atoms with Crippen LogP contribution in [0.2, 0.25) is 0 Å². The lowest BCUT2D eigenvalue weighted by Crippen LogP contribution is -2.31. The molecule has 0 spiro atoms. The molecule has 0 amide bonds. The molecule has 0 aliphatic heterocycles. The first-order valence-corrected chi connectivity index (χ1v) is 26.0. The Hall–Kier alpha value is -9.79. The summed E-state index contributed by atoms with van der Waals surface area (Å²) < 4.78 is 22.2. The summed E-state index contributed by atoms with van der Waals surface area (Å²) in [5, 5.41) is 66.8. The van der Waals surface area contributed by atoms with Crippen molar-refractivity contribution in [2.24, 2.45) is 0 Å². The molecule has 0 aliphatic rings. The number of methoxy groups -OCH3 is 4. The number of rotatable bonds is 18. The van der Waals surface area contributed by atoms with E-state index in [9.17, 15) is 0 Å². The molecule has 0 aliphatic carbocycles. The molecule has 0 atom stereocenters. The third-order valence-electron chi connectivity index (χ3n) is 11.9. The van der Waals surface area contributed by atoms with Gasteiger partial charge in [-0.05, 0) is 181 Å². The molecule has 0 unspecified atom stereocenters. The van der Waals surface area contributed by atoms with Crippen LogP contribution in [-0.4, -0.2) is 75.5 Å². The maximum atomic E-state index is 9.13. The predicted octanol–water partition coefficient (Wildman–Crippen LogP) is 12.0. The minimum Gasteiger partial charge on any atom is -0.497 e. The van der Waals surface area contributed by atoms with Crippen molar-refractivity contribution in [1.29, 1.82) is 21.0 Å². The van der Waals surface area contributed by atoms with Crippen molar-refractivity contribution in [3.05, 3.63) is 181 Å². The van der Waals surface area contributed by atoms with Gasteiger partial charge in [-0.2, -0.15) is 31.0 Å². The van der Waals surface area contributed by atoms with Gasteiger partial charge in [0.15, 0.2) is 0 Å². The van der Waals surface area contributed by atoms with Crippen LogP contribution in [0.1, 0.15) is 70.7 Å². The fraction of sp³-hybridized carbons (Fsp3) is 0.194. The second-order valence-electron chi connectivity index (χ2n) is 17.7. The number of aromatic nitrogens is 6. The Morgan fingerprint density at radius 2 is 0.988 bits per heavy atom. The van der Waals surface area contributed by atoms with Crippen LogP contribution >= 0.6 is 22.6 Å². The molecular weight excluding hydrogens is 1170 g/mol. The molecule has 4 aromatic carbocycles. The van der Waals surface area contributed by atoms with Gasteiger partial charge in [0.25, 0.3) is 0 Å². The second kappa shape index (κ2) is 33.2. The molecule has 0 radical (unpaired) electrons. The van der Waals surface area contributed by atoms with Gasteiger partial charge in [0.2, 0.25) is 11.9 Å². The van der Waals surface area contributed by atoms with Gasteiger partial charge in [0.1, 0.15) is 23.1 Å². The molecule has 0 bridgehead atoms. The van der Waals surface area contributed by atoms with Crippen molar-refractivity contribution in [2.75, 3.05) is 49.7 Å². The quantitative estimate of drug-likeness (QED) is 0.0264. The Kier molecular flexibility index (Phi) is 26.4. The molecule has 8 rings (SSSR count). The fourth-order valence-electron chi connectivity index (χ4n) is 8.16. The lowest BCUT2D eigenvalue weighted by Gasteiger charge is -2.20. The van der Waals surface area contributed by atoms with Gasteiger partial charge in [0.05, 0.1) is 83.4 Å². The Balaban J connectivity index is 0.000000302. The average Bonchev–Trinajstić information content (AvgIpc) is 1.86. The molecule has 22 heteroatoms. The van der Waals surface area contributed by atoms with E-state index in [1.807, 2.05) is 76.2 Å². The summed E-state index contributed by atoms with van der Waals surface area (Å²) in [5.41, 5.74) is 13.4. The molecule has 0 saturated carbocycles. The first kappa shape index (κ1) is 66.7.